The third-order valence-electron chi connectivity index (χ3n) is 4.89. The number of hydrogen-bond acceptors (Lipinski definition) is 7. The zero-order valence-corrected chi connectivity index (χ0v) is 18.6. The molecule has 0 N–H and O–H groups in total. The number of rotatable bonds is 5. The molecule has 0 saturated carbocycles. The number of hydrogen-bond donors (Lipinski definition) is 0. The Morgan fingerprint density at radius 3 is 2.70 bits per heavy atom. The zero-order chi connectivity index (χ0) is 23.7. The van der Waals surface area contributed by atoms with Gasteiger partial charge in [-0.25, -0.2) is 13.8 Å². The molecule has 4 rings (SSSR count). The number of pyridine rings is 1. The molecule has 4 aromatic rings. The quantitative estimate of drug-likeness (QED) is 0.427. The molecule has 0 aliphatic rings. The molecule has 0 radical (unpaired) electrons. The van der Waals surface area contributed by atoms with E-state index in [-0.39, 0.29) is 39.7 Å². The van der Waals surface area contributed by atoms with Gasteiger partial charge < -0.3 is 4.74 Å². The molecule has 33 heavy (non-hydrogen) atoms. The first-order valence-corrected chi connectivity index (χ1v) is 10.6. The van der Waals surface area contributed by atoms with Gasteiger partial charge in [0.25, 0.3) is 5.56 Å². The average Bonchev–Trinajstić information content (AvgIpc) is 3.24. The van der Waals surface area contributed by atoms with Crippen LogP contribution in [-0.4, -0.2) is 21.2 Å². The van der Waals surface area contributed by atoms with Gasteiger partial charge in [-0.05, 0) is 24.3 Å². The van der Waals surface area contributed by atoms with Gasteiger partial charge in [-0.1, -0.05) is 11.6 Å². The average molecular weight is 482 g/mol. The largest absolute Gasteiger partial charge is 0.494 e. The van der Waals surface area contributed by atoms with Gasteiger partial charge in [0.15, 0.2) is 11.6 Å². The van der Waals surface area contributed by atoms with E-state index in [9.17, 15) is 14.0 Å². The Balaban J connectivity index is 2.05. The molecule has 164 valence electrons. The standard InChI is InChI=1S/C22H13ClFN5O3S/c1-32-18-6-14(15(23)7-16(18)24)19-8-17-20(33-19)21(30)29(22(31)28(17)4-2-3-25)13-5-12(9-26)10-27-11-13/h5-8,10-11H,2,4H2,1H3. The molecule has 0 spiro atoms. The molecule has 0 aliphatic carbocycles. The summed E-state index contributed by atoms with van der Waals surface area (Å²) in [7, 11) is 1.32. The van der Waals surface area contributed by atoms with Crippen LogP contribution >= 0.6 is 22.9 Å². The van der Waals surface area contributed by atoms with Gasteiger partial charge in [-0.15, -0.1) is 11.3 Å². The molecule has 3 aromatic heterocycles. The van der Waals surface area contributed by atoms with Crippen molar-refractivity contribution in [3.63, 3.8) is 0 Å². The van der Waals surface area contributed by atoms with Crippen molar-refractivity contribution >= 4 is 33.2 Å². The highest BCUT2D eigenvalue weighted by Gasteiger charge is 2.20. The first-order valence-electron chi connectivity index (χ1n) is 9.45. The molecule has 11 heteroatoms. The fraction of sp³-hybridized carbons (Fsp3) is 0.136. The third kappa shape index (κ3) is 3.87. The summed E-state index contributed by atoms with van der Waals surface area (Å²) in [6, 6.07) is 9.43. The maximum Gasteiger partial charge on any atom is 0.336 e. The van der Waals surface area contributed by atoms with Crippen LogP contribution in [0.3, 0.4) is 0 Å². The van der Waals surface area contributed by atoms with E-state index in [1.54, 1.807) is 6.07 Å². The van der Waals surface area contributed by atoms with Crippen molar-refractivity contribution in [2.24, 2.45) is 0 Å². The summed E-state index contributed by atoms with van der Waals surface area (Å²) in [6.45, 7) is 0.0358. The number of fused-ring (bicyclic) bond motifs is 1. The topological polar surface area (TPSA) is 114 Å². The van der Waals surface area contributed by atoms with Crippen LogP contribution in [0.25, 0.3) is 26.3 Å². The van der Waals surface area contributed by atoms with Crippen molar-refractivity contribution in [3.05, 3.63) is 73.9 Å². The highest BCUT2D eigenvalue weighted by molar-refractivity contribution is 7.22. The number of aromatic nitrogens is 3. The Bertz CT molecular complexity index is 1610. The van der Waals surface area contributed by atoms with Gasteiger partial charge in [0.2, 0.25) is 0 Å². The lowest BCUT2D eigenvalue weighted by Crippen LogP contribution is -2.38. The van der Waals surface area contributed by atoms with Crippen molar-refractivity contribution in [2.45, 2.75) is 13.0 Å². The highest BCUT2D eigenvalue weighted by atomic mass is 35.5. The molecule has 0 amide bonds. The lowest BCUT2D eigenvalue weighted by atomic mass is 10.1. The highest BCUT2D eigenvalue weighted by Crippen LogP contribution is 2.38. The monoisotopic (exact) mass is 481 g/mol. The fourth-order valence-electron chi connectivity index (χ4n) is 3.37. The number of methoxy groups -OCH3 is 1. The van der Waals surface area contributed by atoms with Crippen molar-refractivity contribution in [1.29, 1.82) is 10.5 Å². The minimum atomic E-state index is -0.674. The van der Waals surface area contributed by atoms with E-state index in [4.69, 9.17) is 26.9 Å². The minimum Gasteiger partial charge on any atom is -0.494 e. The van der Waals surface area contributed by atoms with E-state index in [1.165, 1.54) is 36.2 Å². The van der Waals surface area contributed by atoms with Crippen molar-refractivity contribution in [2.75, 3.05) is 7.11 Å². The first kappa shape index (κ1) is 22.2. The van der Waals surface area contributed by atoms with Crippen molar-refractivity contribution in [1.82, 2.24) is 14.1 Å². The Labute approximate surface area is 194 Å². The maximum atomic E-state index is 14.0. The van der Waals surface area contributed by atoms with E-state index in [0.717, 1.165) is 22.0 Å². The molecular formula is C22H13ClFN5O3S. The number of nitrogens with zero attached hydrogens (tertiary/aromatic N) is 5. The van der Waals surface area contributed by atoms with Crippen LogP contribution in [0.15, 0.2) is 46.2 Å². The molecule has 0 aliphatic heterocycles. The van der Waals surface area contributed by atoms with Crippen LogP contribution in [0.2, 0.25) is 5.02 Å². The van der Waals surface area contributed by atoms with Gasteiger partial charge >= 0.3 is 5.69 Å². The molecule has 1 aromatic carbocycles. The van der Waals surface area contributed by atoms with Crippen LogP contribution in [0.4, 0.5) is 4.39 Å². The summed E-state index contributed by atoms with van der Waals surface area (Å²) in [4.78, 5) is 31.1. The molecule has 0 fully saturated rings. The molecular weight excluding hydrogens is 469 g/mol. The SMILES string of the molecule is COc1cc(-c2cc3c(s2)c(=O)n(-c2cncc(C#N)c2)c(=O)n3CCC#N)c(Cl)cc1F. The summed E-state index contributed by atoms with van der Waals surface area (Å²) >= 11 is 7.32. The number of aryl methyl sites for hydroxylation is 1. The van der Waals surface area contributed by atoms with Crippen molar-refractivity contribution < 1.29 is 9.13 Å². The predicted octanol–water partition coefficient (Wildman–Crippen LogP) is 3.86. The lowest BCUT2D eigenvalue weighted by Gasteiger charge is -2.10. The second-order valence-electron chi connectivity index (χ2n) is 6.82. The predicted molar refractivity (Wildman–Crippen MR) is 121 cm³/mol. The summed E-state index contributed by atoms with van der Waals surface area (Å²) < 4.78 is 21.5. The fourth-order valence-corrected chi connectivity index (χ4v) is 4.80. The normalized spacial score (nSPS) is 10.7. The van der Waals surface area contributed by atoms with Gasteiger partial charge in [0.05, 0.1) is 47.6 Å². The second-order valence-corrected chi connectivity index (χ2v) is 8.28. The minimum absolute atomic E-state index is 0.0227. The molecule has 0 saturated heterocycles. The summed E-state index contributed by atoms with van der Waals surface area (Å²) in [5.41, 5.74) is -0.226. The van der Waals surface area contributed by atoms with Gasteiger partial charge in [0, 0.05) is 23.2 Å². The zero-order valence-electron chi connectivity index (χ0n) is 17.0. The van der Waals surface area contributed by atoms with Crippen LogP contribution < -0.4 is 16.0 Å². The Hall–Kier alpha value is -3.99. The number of halogens is 2. The molecule has 3 heterocycles. The number of thiophene rings is 1. The third-order valence-corrected chi connectivity index (χ3v) is 6.35. The van der Waals surface area contributed by atoms with Crippen LogP contribution in [0.5, 0.6) is 5.75 Å². The number of ether oxygens (including phenoxy) is 1. The lowest BCUT2D eigenvalue weighted by molar-refractivity contribution is 0.387. The van der Waals surface area contributed by atoms with Crippen LogP contribution in [0.1, 0.15) is 12.0 Å². The molecule has 0 bridgehead atoms. The first-order chi connectivity index (χ1) is 15.9. The Morgan fingerprint density at radius 2 is 2.00 bits per heavy atom. The summed E-state index contributed by atoms with van der Waals surface area (Å²) in [6.07, 6.45) is 2.65. The van der Waals surface area contributed by atoms with E-state index < -0.39 is 17.1 Å². The van der Waals surface area contributed by atoms with E-state index in [2.05, 4.69) is 4.98 Å². The van der Waals surface area contributed by atoms with Gasteiger partial charge in [-0.2, -0.15) is 10.5 Å². The van der Waals surface area contributed by atoms with E-state index in [1.807, 2.05) is 12.1 Å². The second kappa shape index (κ2) is 8.87. The smallest absolute Gasteiger partial charge is 0.336 e. The molecule has 0 atom stereocenters. The number of nitriles is 2. The van der Waals surface area contributed by atoms with Gasteiger partial charge in [-0.3, -0.25) is 14.3 Å². The van der Waals surface area contributed by atoms with E-state index in [0.29, 0.717) is 16.0 Å². The molecule has 0 unspecified atom stereocenters. The van der Waals surface area contributed by atoms with Gasteiger partial charge in [0.1, 0.15) is 10.8 Å². The van der Waals surface area contributed by atoms with Crippen molar-refractivity contribution in [3.8, 4) is 34.0 Å². The number of benzene rings is 1. The van der Waals surface area contributed by atoms with E-state index >= 15 is 0 Å². The Kier molecular flexibility index (Phi) is 5.97. The summed E-state index contributed by atoms with van der Waals surface area (Å²) in [5, 5.41) is 18.3. The Morgan fingerprint density at radius 1 is 1.21 bits per heavy atom. The maximum absolute atomic E-state index is 14.0. The van der Waals surface area contributed by atoms with Crippen LogP contribution in [0, 0.1) is 28.5 Å². The van der Waals surface area contributed by atoms with Crippen LogP contribution in [-0.2, 0) is 6.54 Å². The molecule has 8 nitrogen and oxygen atoms in total. The summed E-state index contributed by atoms with van der Waals surface area (Å²) in [5.74, 6) is -0.656.